The summed E-state index contributed by atoms with van der Waals surface area (Å²) in [6.07, 6.45) is 1.96. The van der Waals surface area contributed by atoms with E-state index in [0.29, 0.717) is 10.6 Å². The number of hydrogen-bond acceptors (Lipinski definition) is 1. The van der Waals surface area contributed by atoms with Crippen molar-refractivity contribution in [3.63, 3.8) is 0 Å². The first-order chi connectivity index (χ1) is 10.6. The third-order valence-corrected chi connectivity index (χ3v) is 4.26. The largest absolute Gasteiger partial charge is 0.347 e. The number of aromatic nitrogens is 1. The average molecular weight is 307 g/mol. The molecule has 0 N–H and O–H groups in total. The second kappa shape index (κ2) is 5.71. The quantitative estimate of drug-likeness (QED) is 0.598. The van der Waals surface area contributed by atoms with Crippen molar-refractivity contribution in [3.8, 4) is 6.07 Å². The van der Waals surface area contributed by atoms with Gasteiger partial charge in [0, 0.05) is 34.2 Å². The summed E-state index contributed by atoms with van der Waals surface area (Å²) in [5, 5.41) is 11.3. The summed E-state index contributed by atoms with van der Waals surface area (Å²) in [6.45, 7) is 2.07. The summed E-state index contributed by atoms with van der Waals surface area (Å²) in [4.78, 5) is 0. The highest BCUT2D eigenvalue weighted by Crippen LogP contribution is 2.29. The van der Waals surface area contributed by atoms with Gasteiger partial charge in [0.2, 0.25) is 0 Å². The molecule has 0 saturated heterocycles. The van der Waals surface area contributed by atoms with E-state index < -0.39 is 0 Å². The molecule has 0 aliphatic rings. The van der Waals surface area contributed by atoms with Gasteiger partial charge >= 0.3 is 0 Å². The Labute approximate surface area is 134 Å². The van der Waals surface area contributed by atoms with Crippen molar-refractivity contribution in [1.29, 1.82) is 5.26 Å². The zero-order chi connectivity index (χ0) is 15.7. The van der Waals surface area contributed by atoms with Gasteiger partial charge in [-0.3, -0.25) is 0 Å². The molecular formula is C19H15ClN2. The fourth-order valence-electron chi connectivity index (χ4n) is 2.69. The van der Waals surface area contributed by atoms with E-state index in [1.54, 1.807) is 12.1 Å². The topological polar surface area (TPSA) is 28.7 Å². The molecule has 0 aliphatic carbocycles. The lowest BCUT2D eigenvalue weighted by Gasteiger charge is -2.01. The van der Waals surface area contributed by atoms with Crippen LogP contribution < -0.4 is 0 Å². The van der Waals surface area contributed by atoms with Gasteiger partial charge < -0.3 is 4.57 Å². The standard InChI is InChI=1S/C19H15ClN2/c1-13-18(17-5-3-4-6-19(17)22(13)2)11-15(12-21)14-7-9-16(20)10-8-14/h3-11H,1-2H3. The van der Waals surface area contributed by atoms with E-state index in [2.05, 4.69) is 29.7 Å². The fourth-order valence-corrected chi connectivity index (χ4v) is 2.81. The van der Waals surface area contributed by atoms with Gasteiger partial charge in [0.05, 0.1) is 11.6 Å². The normalized spacial score (nSPS) is 11.6. The molecule has 0 amide bonds. The highest BCUT2D eigenvalue weighted by atomic mass is 35.5. The van der Waals surface area contributed by atoms with Gasteiger partial charge in [-0.2, -0.15) is 5.26 Å². The molecule has 3 heteroatoms. The molecular weight excluding hydrogens is 292 g/mol. The Kier molecular flexibility index (Phi) is 3.75. The summed E-state index contributed by atoms with van der Waals surface area (Å²) < 4.78 is 2.15. The monoisotopic (exact) mass is 306 g/mol. The predicted molar refractivity (Wildman–Crippen MR) is 92.6 cm³/mol. The number of aryl methyl sites for hydroxylation is 1. The molecule has 0 radical (unpaired) electrons. The number of allylic oxidation sites excluding steroid dienone is 1. The highest BCUT2D eigenvalue weighted by molar-refractivity contribution is 6.30. The third kappa shape index (κ3) is 2.41. The molecule has 0 saturated carbocycles. The molecule has 0 fully saturated rings. The summed E-state index contributed by atoms with van der Waals surface area (Å²) >= 11 is 5.92. The molecule has 0 unspecified atom stereocenters. The van der Waals surface area contributed by atoms with Crippen LogP contribution >= 0.6 is 11.6 Å². The number of para-hydroxylation sites is 1. The van der Waals surface area contributed by atoms with Crippen molar-refractivity contribution < 1.29 is 0 Å². The summed E-state index contributed by atoms with van der Waals surface area (Å²) in [5.74, 6) is 0. The average Bonchev–Trinajstić information content (AvgIpc) is 2.78. The number of rotatable bonds is 2. The number of nitrogens with zero attached hydrogens (tertiary/aromatic N) is 2. The first-order valence-corrected chi connectivity index (χ1v) is 7.41. The van der Waals surface area contributed by atoms with Crippen molar-refractivity contribution in [1.82, 2.24) is 4.57 Å². The van der Waals surface area contributed by atoms with Crippen molar-refractivity contribution in [2.75, 3.05) is 0 Å². The number of hydrogen-bond donors (Lipinski definition) is 0. The smallest absolute Gasteiger partial charge is 0.0998 e. The van der Waals surface area contributed by atoms with Gasteiger partial charge in [-0.1, -0.05) is 41.9 Å². The van der Waals surface area contributed by atoms with Gasteiger partial charge in [-0.15, -0.1) is 0 Å². The van der Waals surface area contributed by atoms with Crippen LogP contribution in [-0.4, -0.2) is 4.57 Å². The minimum atomic E-state index is 0.635. The van der Waals surface area contributed by atoms with Crippen LogP contribution in [0.5, 0.6) is 0 Å². The van der Waals surface area contributed by atoms with Gasteiger partial charge in [0.1, 0.15) is 0 Å². The molecule has 0 bridgehead atoms. The number of fused-ring (bicyclic) bond motifs is 1. The lowest BCUT2D eigenvalue weighted by Crippen LogP contribution is -1.90. The third-order valence-electron chi connectivity index (χ3n) is 4.01. The second-order valence-electron chi connectivity index (χ2n) is 5.25. The molecule has 22 heavy (non-hydrogen) atoms. The van der Waals surface area contributed by atoms with Crippen LogP contribution in [0.2, 0.25) is 5.02 Å². The van der Waals surface area contributed by atoms with E-state index in [4.69, 9.17) is 11.6 Å². The lowest BCUT2D eigenvalue weighted by molar-refractivity contribution is 0.916. The first kappa shape index (κ1) is 14.4. The van der Waals surface area contributed by atoms with Gasteiger partial charge in [-0.25, -0.2) is 0 Å². The number of nitriles is 1. The number of benzene rings is 2. The van der Waals surface area contributed by atoms with E-state index in [1.807, 2.05) is 37.4 Å². The maximum atomic E-state index is 9.52. The molecule has 0 atom stereocenters. The Balaban J connectivity index is 2.20. The molecule has 108 valence electrons. The SMILES string of the molecule is Cc1c(C=C(C#N)c2ccc(Cl)cc2)c2ccccc2n1C. The Morgan fingerprint density at radius 2 is 1.82 bits per heavy atom. The molecule has 2 nitrogen and oxygen atoms in total. The zero-order valence-electron chi connectivity index (χ0n) is 12.5. The van der Waals surface area contributed by atoms with Crippen molar-refractivity contribution in [2.24, 2.45) is 7.05 Å². The van der Waals surface area contributed by atoms with Crippen LogP contribution in [0.15, 0.2) is 48.5 Å². The summed E-state index contributed by atoms with van der Waals surface area (Å²) in [6, 6.07) is 17.9. The molecule has 0 aliphatic heterocycles. The Bertz CT molecular complexity index is 909. The molecule has 1 heterocycles. The lowest BCUT2D eigenvalue weighted by atomic mass is 10.0. The zero-order valence-corrected chi connectivity index (χ0v) is 13.2. The van der Waals surface area contributed by atoms with Gasteiger partial charge in [0.15, 0.2) is 0 Å². The van der Waals surface area contributed by atoms with Crippen LogP contribution in [0.4, 0.5) is 0 Å². The minimum absolute atomic E-state index is 0.635. The Morgan fingerprint density at radius 3 is 2.50 bits per heavy atom. The van der Waals surface area contributed by atoms with Crippen molar-refractivity contribution in [3.05, 3.63) is 70.4 Å². The summed E-state index contributed by atoms with van der Waals surface area (Å²) in [7, 11) is 2.04. The van der Waals surface area contributed by atoms with Crippen LogP contribution in [0.3, 0.4) is 0 Å². The molecule has 1 aromatic heterocycles. The van der Waals surface area contributed by atoms with Crippen LogP contribution in [-0.2, 0) is 7.05 Å². The Hall–Kier alpha value is -2.50. The van der Waals surface area contributed by atoms with Crippen LogP contribution in [0.1, 0.15) is 16.8 Å². The van der Waals surface area contributed by atoms with E-state index in [0.717, 1.165) is 22.2 Å². The fraction of sp³-hybridized carbons (Fsp3) is 0.105. The predicted octanol–water partition coefficient (Wildman–Crippen LogP) is 5.20. The maximum absolute atomic E-state index is 9.52. The maximum Gasteiger partial charge on any atom is 0.0998 e. The highest BCUT2D eigenvalue weighted by Gasteiger charge is 2.11. The Morgan fingerprint density at radius 1 is 1.14 bits per heavy atom. The van der Waals surface area contributed by atoms with Gasteiger partial charge in [0.25, 0.3) is 0 Å². The molecule has 0 spiro atoms. The van der Waals surface area contributed by atoms with Crippen LogP contribution in [0.25, 0.3) is 22.6 Å². The molecule has 2 aromatic carbocycles. The van der Waals surface area contributed by atoms with E-state index in [1.165, 1.54) is 5.52 Å². The van der Waals surface area contributed by atoms with E-state index in [9.17, 15) is 5.26 Å². The second-order valence-corrected chi connectivity index (χ2v) is 5.69. The van der Waals surface area contributed by atoms with Crippen molar-refractivity contribution in [2.45, 2.75) is 6.92 Å². The van der Waals surface area contributed by atoms with Crippen molar-refractivity contribution >= 4 is 34.2 Å². The minimum Gasteiger partial charge on any atom is -0.347 e. The molecule has 3 aromatic rings. The van der Waals surface area contributed by atoms with E-state index in [-0.39, 0.29) is 0 Å². The van der Waals surface area contributed by atoms with Gasteiger partial charge in [-0.05, 0) is 36.8 Å². The number of halogens is 1. The van der Waals surface area contributed by atoms with Crippen LogP contribution in [0, 0.1) is 18.3 Å². The summed E-state index contributed by atoms with van der Waals surface area (Å²) in [5.41, 5.74) is 4.91. The first-order valence-electron chi connectivity index (χ1n) is 7.03. The molecule has 3 rings (SSSR count). The van der Waals surface area contributed by atoms with E-state index >= 15 is 0 Å².